The van der Waals surface area contributed by atoms with Crippen LogP contribution in [0.25, 0.3) is 0 Å². The van der Waals surface area contributed by atoms with Crippen LogP contribution in [0.2, 0.25) is 0 Å². The maximum atomic E-state index is 3.87. The Morgan fingerprint density at radius 1 is 1.82 bits per heavy atom. The molecule has 62 valence electrons. The van der Waals surface area contributed by atoms with Crippen LogP contribution in [0.15, 0.2) is 29.5 Å². The van der Waals surface area contributed by atoms with Crippen LogP contribution in [0.1, 0.15) is 13.3 Å². The highest BCUT2D eigenvalue weighted by Crippen LogP contribution is 2.32. The second-order valence-corrected chi connectivity index (χ2v) is 3.82. The molecule has 0 rings (SSSR count). The first-order valence-electron chi connectivity index (χ1n) is 3.24. The largest absolute Gasteiger partial charge is 0.243 e. The third-order valence-corrected chi connectivity index (χ3v) is 3.13. The van der Waals surface area contributed by atoms with Crippen molar-refractivity contribution in [3.63, 3.8) is 0 Å². The van der Waals surface area contributed by atoms with Gasteiger partial charge in [0.1, 0.15) is 0 Å². The van der Waals surface area contributed by atoms with E-state index in [9.17, 15) is 0 Å². The lowest BCUT2D eigenvalue weighted by Crippen LogP contribution is -2.02. The molecule has 0 fully saturated rings. The summed E-state index contributed by atoms with van der Waals surface area (Å²) in [5, 5.41) is 3.87. The van der Waals surface area contributed by atoms with E-state index in [0.29, 0.717) is 6.37 Å². The molecule has 4 heteroatoms. The first kappa shape index (κ1) is 11.1. The molecule has 0 aliphatic heterocycles. The zero-order valence-electron chi connectivity index (χ0n) is 6.55. The van der Waals surface area contributed by atoms with Gasteiger partial charge in [-0.1, -0.05) is 19.6 Å². The Morgan fingerprint density at radius 2 is 2.45 bits per heavy atom. The van der Waals surface area contributed by atoms with Gasteiger partial charge in [-0.2, -0.15) is 5.10 Å². The Labute approximate surface area is 82.8 Å². The van der Waals surface area contributed by atoms with Crippen molar-refractivity contribution < 1.29 is 0 Å². The molecule has 0 heterocycles. The number of nitrogens with zero attached hydrogens (tertiary/aromatic N) is 2. The second-order valence-electron chi connectivity index (χ2n) is 1.78. The molecule has 0 N–H and O–H groups in total. The molecule has 1 atom stereocenters. The van der Waals surface area contributed by atoms with Crippen molar-refractivity contribution in [3.05, 3.63) is 24.4 Å². The zero-order chi connectivity index (χ0) is 8.69. The van der Waals surface area contributed by atoms with Gasteiger partial charge in [0.25, 0.3) is 0 Å². The van der Waals surface area contributed by atoms with Gasteiger partial charge in [-0.25, -0.2) is 4.78 Å². The zero-order valence-corrected chi connectivity index (χ0v) is 9.71. The summed E-state index contributed by atoms with van der Waals surface area (Å²) in [5.74, 6) is 0. The summed E-state index contributed by atoms with van der Waals surface area (Å²) in [6, 6.07) is 0. The first-order chi connectivity index (χ1) is 5.29. The molecule has 0 aliphatic carbocycles. The number of hydrazone groups is 1. The number of hydrogen-bond acceptors (Lipinski definition) is 2. The van der Waals surface area contributed by atoms with Crippen molar-refractivity contribution in [1.29, 1.82) is 0 Å². The van der Waals surface area contributed by atoms with E-state index in [-0.39, 0.29) is 0 Å². The number of hydrogen-bond donors (Lipinski definition) is 0. The molecule has 0 saturated heterocycles. The Hall–Kier alpha value is 0.110. The highest BCUT2D eigenvalue weighted by molar-refractivity contribution is 14.2. The number of allylic oxidation sites excluding steroid dienone is 3. The van der Waals surface area contributed by atoms with E-state index in [1.807, 2.05) is 10.9 Å². The van der Waals surface area contributed by atoms with Crippen molar-refractivity contribution in [2.24, 2.45) is 5.10 Å². The van der Waals surface area contributed by atoms with Crippen LogP contribution in [-0.4, -0.2) is 11.5 Å². The summed E-state index contributed by atoms with van der Waals surface area (Å²) in [6.45, 7) is 9.21. The SMILES string of the molecule is C=C/C=C(\CC)N(N=C)PI. The van der Waals surface area contributed by atoms with E-state index in [2.05, 4.69) is 47.4 Å². The quantitative estimate of drug-likeness (QED) is 0.248. The van der Waals surface area contributed by atoms with Gasteiger partial charge in [0.15, 0.2) is 0 Å². The molecule has 0 aromatic carbocycles. The third kappa shape index (κ3) is 3.87. The molecule has 0 bridgehead atoms. The second kappa shape index (κ2) is 6.80. The van der Waals surface area contributed by atoms with Crippen molar-refractivity contribution in [3.8, 4) is 0 Å². The molecule has 0 aliphatic rings. The fourth-order valence-corrected chi connectivity index (χ4v) is 2.43. The minimum absolute atomic E-state index is 0.604. The number of halogens is 1. The lowest BCUT2D eigenvalue weighted by molar-refractivity contribution is 0.597. The first-order valence-corrected chi connectivity index (χ1v) is 7.30. The molecule has 0 spiro atoms. The normalized spacial score (nSPS) is 12.0. The molecule has 0 saturated carbocycles. The molecule has 1 unspecified atom stereocenters. The summed E-state index contributed by atoms with van der Waals surface area (Å²) < 4.78 is 1.88. The van der Waals surface area contributed by atoms with Crippen LogP contribution in [-0.2, 0) is 0 Å². The maximum Gasteiger partial charge on any atom is 0.0680 e. The summed E-state index contributed by atoms with van der Waals surface area (Å²) in [7, 11) is 0. The van der Waals surface area contributed by atoms with E-state index in [1.54, 1.807) is 6.08 Å². The van der Waals surface area contributed by atoms with Crippen LogP contribution in [0.5, 0.6) is 0 Å². The van der Waals surface area contributed by atoms with E-state index in [0.717, 1.165) is 12.1 Å². The van der Waals surface area contributed by atoms with Gasteiger partial charge in [-0.3, -0.25) is 0 Å². The van der Waals surface area contributed by atoms with Gasteiger partial charge >= 0.3 is 0 Å². The highest BCUT2D eigenvalue weighted by atomic mass is 127. The van der Waals surface area contributed by atoms with Crippen molar-refractivity contribution in [1.82, 2.24) is 4.78 Å². The van der Waals surface area contributed by atoms with Crippen LogP contribution in [0.4, 0.5) is 0 Å². The van der Waals surface area contributed by atoms with Gasteiger partial charge in [-0.15, -0.1) is 0 Å². The predicted octanol–water partition coefficient (Wildman–Crippen LogP) is 3.33. The van der Waals surface area contributed by atoms with Gasteiger partial charge in [0.2, 0.25) is 0 Å². The van der Waals surface area contributed by atoms with Gasteiger partial charge in [0.05, 0.1) is 6.37 Å². The van der Waals surface area contributed by atoms with Crippen LogP contribution in [0.3, 0.4) is 0 Å². The Bertz CT molecular complexity index is 168. The summed E-state index contributed by atoms with van der Waals surface area (Å²) >= 11 is 2.27. The molecule has 2 nitrogen and oxygen atoms in total. The smallest absolute Gasteiger partial charge is 0.0680 e. The lowest BCUT2D eigenvalue weighted by atomic mass is 10.3. The topological polar surface area (TPSA) is 15.6 Å². The average Bonchev–Trinajstić information content (AvgIpc) is 2.05. The van der Waals surface area contributed by atoms with Crippen LogP contribution in [0, 0.1) is 0 Å². The van der Waals surface area contributed by atoms with Gasteiger partial charge < -0.3 is 0 Å². The minimum Gasteiger partial charge on any atom is -0.243 e. The van der Waals surface area contributed by atoms with Crippen molar-refractivity contribution in [2.45, 2.75) is 13.3 Å². The summed E-state index contributed by atoms with van der Waals surface area (Å²) in [6.07, 6.45) is 5.29. The van der Waals surface area contributed by atoms with Crippen LogP contribution < -0.4 is 0 Å². The molecule has 0 amide bonds. The summed E-state index contributed by atoms with van der Waals surface area (Å²) in [5.41, 5.74) is 1.16. The van der Waals surface area contributed by atoms with Gasteiger partial charge in [0, 0.05) is 12.4 Å². The predicted molar refractivity (Wildman–Crippen MR) is 62.3 cm³/mol. The fraction of sp³-hybridized carbons (Fsp3) is 0.286. The Morgan fingerprint density at radius 3 is 2.73 bits per heavy atom. The van der Waals surface area contributed by atoms with E-state index < -0.39 is 0 Å². The molecule has 0 aromatic heterocycles. The Balaban J connectivity index is 4.32. The molecule has 0 radical (unpaired) electrons. The van der Waals surface area contributed by atoms with Crippen molar-refractivity contribution in [2.75, 3.05) is 0 Å². The van der Waals surface area contributed by atoms with E-state index in [1.165, 1.54) is 0 Å². The maximum absolute atomic E-state index is 3.87. The minimum atomic E-state index is 0.604. The standard InChI is InChI=1S/C7H12IN2P/c1-4-6-7(5-2)10(9-3)11-8/h4,6,11H,1,3,5H2,2H3/b7-6+. The van der Waals surface area contributed by atoms with Gasteiger partial charge in [-0.05, 0) is 34.5 Å². The molecule has 11 heavy (non-hydrogen) atoms. The fourth-order valence-electron chi connectivity index (χ4n) is 0.646. The van der Waals surface area contributed by atoms with Crippen molar-refractivity contribution >= 4 is 35.1 Å². The van der Waals surface area contributed by atoms with Crippen LogP contribution >= 0.6 is 28.4 Å². The third-order valence-electron chi connectivity index (χ3n) is 1.17. The molecular formula is C7H12IN2P. The summed E-state index contributed by atoms with van der Waals surface area (Å²) in [4.78, 5) is 0. The molecule has 0 aromatic rings. The van der Waals surface area contributed by atoms with E-state index in [4.69, 9.17) is 0 Å². The Kier molecular flexibility index (Phi) is 6.87. The monoisotopic (exact) mass is 282 g/mol. The average molecular weight is 282 g/mol. The molecular weight excluding hydrogens is 270 g/mol. The lowest BCUT2D eigenvalue weighted by Gasteiger charge is -2.16. The van der Waals surface area contributed by atoms with E-state index >= 15 is 0 Å². The number of rotatable bonds is 5. The highest BCUT2D eigenvalue weighted by Gasteiger charge is 2.01.